The molecule has 3 aliphatic rings. The van der Waals surface area contributed by atoms with Crippen molar-refractivity contribution in [1.82, 2.24) is 9.97 Å². The highest BCUT2D eigenvalue weighted by Gasteiger charge is 2.51. The van der Waals surface area contributed by atoms with E-state index in [0.29, 0.717) is 5.02 Å². The summed E-state index contributed by atoms with van der Waals surface area (Å²) in [6, 6.07) is 7.62. The van der Waals surface area contributed by atoms with Gasteiger partial charge >= 0.3 is 0 Å². The van der Waals surface area contributed by atoms with E-state index >= 15 is 0 Å². The molecule has 0 radical (unpaired) electrons. The van der Waals surface area contributed by atoms with Gasteiger partial charge < -0.3 is 9.80 Å². The summed E-state index contributed by atoms with van der Waals surface area (Å²) in [7, 11) is 0. The van der Waals surface area contributed by atoms with Crippen LogP contribution < -0.4 is 9.80 Å². The van der Waals surface area contributed by atoms with E-state index in [1.807, 2.05) is 29.2 Å². The molecule has 0 spiro atoms. The smallest absolute Gasteiger partial charge is 0.250 e. The fourth-order valence-electron chi connectivity index (χ4n) is 4.36. The SMILES string of the molecule is O=C1[C@@H]2C[C@@H](CN2c2ncnc3c2CCC3)N1c1cccc(Cl)c1. The molecular formula is C18H17ClN4O. The van der Waals surface area contributed by atoms with E-state index < -0.39 is 0 Å². The maximum Gasteiger partial charge on any atom is 0.250 e. The Bertz CT molecular complexity index is 840. The minimum atomic E-state index is -0.117. The second-order valence-electron chi connectivity index (χ2n) is 6.72. The fraction of sp³-hybridized carbons (Fsp3) is 0.389. The molecule has 1 aromatic carbocycles. The van der Waals surface area contributed by atoms with Gasteiger partial charge in [0.05, 0.1) is 6.04 Å². The molecule has 0 unspecified atom stereocenters. The molecule has 2 aromatic rings. The van der Waals surface area contributed by atoms with E-state index in [1.54, 1.807) is 6.33 Å². The summed E-state index contributed by atoms with van der Waals surface area (Å²) in [4.78, 5) is 26.0. The third kappa shape index (κ3) is 1.97. The summed E-state index contributed by atoms with van der Waals surface area (Å²) in [5.74, 6) is 1.13. The molecule has 1 aromatic heterocycles. The summed E-state index contributed by atoms with van der Waals surface area (Å²) >= 11 is 6.10. The molecule has 6 heteroatoms. The van der Waals surface area contributed by atoms with E-state index in [2.05, 4.69) is 14.9 Å². The molecule has 2 aliphatic heterocycles. The molecule has 2 saturated heterocycles. The number of hydrogen-bond donors (Lipinski definition) is 0. The van der Waals surface area contributed by atoms with E-state index in [9.17, 15) is 4.79 Å². The van der Waals surface area contributed by atoms with Crippen LogP contribution in [-0.4, -0.2) is 34.5 Å². The molecule has 2 atom stereocenters. The normalized spacial score (nSPS) is 24.8. The summed E-state index contributed by atoms with van der Waals surface area (Å²) in [5, 5.41) is 0.661. The average Bonchev–Trinajstić information content (AvgIpc) is 3.28. The van der Waals surface area contributed by atoms with Crippen LogP contribution >= 0.6 is 11.6 Å². The zero-order chi connectivity index (χ0) is 16.3. The predicted molar refractivity (Wildman–Crippen MR) is 92.5 cm³/mol. The Balaban J connectivity index is 1.48. The Morgan fingerprint density at radius 2 is 2.12 bits per heavy atom. The average molecular weight is 341 g/mol. The molecule has 1 aliphatic carbocycles. The van der Waals surface area contributed by atoms with E-state index in [4.69, 9.17) is 11.6 Å². The third-order valence-electron chi connectivity index (χ3n) is 5.38. The molecule has 2 bridgehead atoms. The van der Waals surface area contributed by atoms with Gasteiger partial charge in [0.25, 0.3) is 0 Å². The zero-order valence-corrected chi connectivity index (χ0v) is 13.9. The number of hydrogen-bond acceptors (Lipinski definition) is 4. The minimum Gasteiger partial charge on any atom is -0.342 e. The van der Waals surface area contributed by atoms with Crippen LogP contribution in [0.1, 0.15) is 24.1 Å². The lowest BCUT2D eigenvalue weighted by molar-refractivity contribution is -0.118. The Kier molecular flexibility index (Phi) is 3.07. The van der Waals surface area contributed by atoms with Gasteiger partial charge in [-0.1, -0.05) is 17.7 Å². The lowest BCUT2D eigenvalue weighted by atomic mass is 10.2. The second kappa shape index (κ2) is 5.18. The minimum absolute atomic E-state index is 0.117. The van der Waals surface area contributed by atoms with Crippen molar-refractivity contribution in [3.63, 3.8) is 0 Å². The monoisotopic (exact) mass is 340 g/mol. The summed E-state index contributed by atoms with van der Waals surface area (Å²) in [5.41, 5.74) is 3.29. The Morgan fingerprint density at radius 3 is 2.96 bits per heavy atom. The maximum atomic E-state index is 13.0. The topological polar surface area (TPSA) is 49.3 Å². The van der Waals surface area contributed by atoms with Crippen molar-refractivity contribution >= 4 is 29.0 Å². The van der Waals surface area contributed by atoms with Crippen molar-refractivity contribution in [2.24, 2.45) is 0 Å². The van der Waals surface area contributed by atoms with Crippen molar-refractivity contribution in [2.75, 3.05) is 16.3 Å². The van der Waals surface area contributed by atoms with Gasteiger partial charge in [0.15, 0.2) is 0 Å². The number of fused-ring (bicyclic) bond motifs is 3. The number of nitrogens with zero attached hydrogens (tertiary/aromatic N) is 4. The van der Waals surface area contributed by atoms with Crippen molar-refractivity contribution in [1.29, 1.82) is 0 Å². The number of carbonyl (C=O) groups excluding carboxylic acids is 1. The van der Waals surface area contributed by atoms with Crippen LogP contribution in [0.25, 0.3) is 0 Å². The largest absolute Gasteiger partial charge is 0.342 e. The standard InChI is InChI=1S/C18H17ClN4O/c19-11-3-1-4-12(7-11)23-13-8-16(18(23)24)22(9-13)17-14-5-2-6-15(14)20-10-21-17/h1,3-4,7,10,13,16H,2,5-6,8-9H2/t13-,16-/m0/s1. The molecule has 5 nitrogen and oxygen atoms in total. The Hall–Kier alpha value is -2.14. The predicted octanol–water partition coefficient (Wildman–Crippen LogP) is 2.61. The molecule has 5 rings (SSSR count). The van der Waals surface area contributed by atoms with Crippen LogP contribution in [0.5, 0.6) is 0 Å². The Morgan fingerprint density at radius 1 is 1.21 bits per heavy atom. The van der Waals surface area contributed by atoms with Gasteiger partial charge in [0.2, 0.25) is 5.91 Å². The maximum absolute atomic E-state index is 13.0. The lowest BCUT2D eigenvalue weighted by Gasteiger charge is -2.35. The van der Waals surface area contributed by atoms with Crippen molar-refractivity contribution in [3.8, 4) is 0 Å². The summed E-state index contributed by atoms with van der Waals surface area (Å²) < 4.78 is 0. The van der Waals surface area contributed by atoms with Crippen molar-refractivity contribution in [2.45, 2.75) is 37.8 Å². The van der Waals surface area contributed by atoms with E-state index in [-0.39, 0.29) is 18.0 Å². The summed E-state index contributed by atoms with van der Waals surface area (Å²) in [6.45, 7) is 0.826. The first-order valence-electron chi connectivity index (χ1n) is 8.40. The number of rotatable bonds is 2. The number of anilines is 2. The third-order valence-corrected chi connectivity index (χ3v) is 5.61. The van der Waals surface area contributed by atoms with Crippen LogP contribution in [0.3, 0.4) is 0 Å². The molecule has 1 amide bonds. The number of piperazine rings is 1. The lowest BCUT2D eigenvalue weighted by Crippen LogP contribution is -2.51. The van der Waals surface area contributed by atoms with Gasteiger partial charge in [0.1, 0.15) is 18.2 Å². The number of aryl methyl sites for hydroxylation is 1. The number of benzene rings is 1. The van der Waals surface area contributed by atoms with Crippen LogP contribution in [0, 0.1) is 0 Å². The first-order chi connectivity index (χ1) is 11.7. The molecule has 24 heavy (non-hydrogen) atoms. The van der Waals surface area contributed by atoms with Crippen LogP contribution in [0.2, 0.25) is 5.02 Å². The molecular weight excluding hydrogens is 324 g/mol. The first-order valence-corrected chi connectivity index (χ1v) is 8.78. The number of aromatic nitrogens is 2. The van der Waals surface area contributed by atoms with E-state index in [0.717, 1.165) is 49.4 Å². The Labute approximate surface area is 145 Å². The molecule has 122 valence electrons. The van der Waals surface area contributed by atoms with Crippen molar-refractivity contribution < 1.29 is 4.79 Å². The molecule has 0 saturated carbocycles. The van der Waals surface area contributed by atoms with Crippen LogP contribution in [-0.2, 0) is 17.6 Å². The van der Waals surface area contributed by atoms with Gasteiger partial charge in [-0.05, 0) is 43.9 Å². The fourth-order valence-corrected chi connectivity index (χ4v) is 4.55. The summed E-state index contributed by atoms with van der Waals surface area (Å²) in [6.07, 6.45) is 5.67. The van der Waals surface area contributed by atoms with Gasteiger partial charge in [0, 0.05) is 28.5 Å². The molecule has 0 N–H and O–H groups in total. The van der Waals surface area contributed by atoms with Crippen LogP contribution in [0.4, 0.5) is 11.5 Å². The first kappa shape index (κ1) is 14.2. The van der Waals surface area contributed by atoms with Gasteiger partial charge in [-0.2, -0.15) is 0 Å². The van der Waals surface area contributed by atoms with Crippen LogP contribution in [0.15, 0.2) is 30.6 Å². The highest BCUT2D eigenvalue weighted by molar-refractivity contribution is 6.31. The quantitative estimate of drug-likeness (QED) is 0.843. The second-order valence-corrected chi connectivity index (χ2v) is 7.16. The highest BCUT2D eigenvalue weighted by Crippen LogP contribution is 2.40. The van der Waals surface area contributed by atoms with Gasteiger partial charge in [-0.3, -0.25) is 4.79 Å². The van der Waals surface area contributed by atoms with Gasteiger partial charge in [-0.15, -0.1) is 0 Å². The van der Waals surface area contributed by atoms with E-state index in [1.165, 1.54) is 5.56 Å². The molecule has 2 fully saturated rings. The zero-order valence-electron chi connectivity index (χ0n) is 13.2. The number of amides is 1. The number of carbonyl (C=O) groups is 1. The van der Waals surface area contributed by atoms with Gasteiger partial charge in [-0.25, -0.2) is 9.97 Å². The highest BCUT2D eigenvalue weighted by atomic mass is 35.5. The molecule has 3 heterocycles. The number of halogens is 1. The van der Waals surface area contributed by atoms with Crippen molar-refractivity contribution in [3.05, 3.63) is 46.9 Å².